The van der Waals surface area contributed by atoms with E-state index in [0.29, 0.717) is 18.0 Å². The van der Waals surface area contributed by atoms with Crippen molar-refractivity contribution in [3.63, 3.8) is 0 Å². The van der Waals surface area contributed by atoms with Crippen LogP contribution in [0.5, 0.6) is 11.5 Å². The SMILES string of the molecule is Cc1ccc(NC(=O)C(=O)NC[C@H](c2ccc3c(c2)OCO3)N2CCN(C)CC2)cc1C. The molecule has 0 unspecified atom stereocenters. The number of nitrogens with one attached hydrogen (secondary N) is 2. The summed E-state index contributed by atoms with van der Waals surface area (Å²) in [5.74, 6) is 0.113. The zero-order chi connectivity index (χ0) is 22.7. The molecule has 2 N–H and O–H groups in total. The van der Waals surface area contributed by atoms with E-state index in [1.54, 1.807) is 6.07 Å². The van der Waals surface area contributed by atoms with E-state index in [1.807, 2.05) is 44.2 Å². The lowest BCUT2D eigenvalue weighted by molar-refractivity contribution is -0.136. The molecule has 0 aromatic heterocycles. The van der Waals surface area contributed by atoms with Crippen LogP contribution >= 0.6 is 0 Å². The topological polar surface area (TPSA) is 83.1 Å². The number of amides is 2. The van der Waals surface area contributed by atoms with Crippen molar-refractivity contribution >= 4 is 17.5 Å². The molecular weight excluding hydrogens is 408 g/mol. The van der Waals surface area contributed by atoms with Crippen LogP contribution in [0.1, 0.15) is 22.7 Å². The molecule has 1 fully saturated rings. The first-order valence-electron chi connectivity index (χ1n) is 10.9. The second kappa shape index (κ2) is 9.58. The van der Waals surface area contributed by atoms with Gasteiger partial charge in [0.1, 0.15) is 0 Å². The number of carbonyl (C=O) groups is 2. The molecule has 0 saturated carbocycles. The van der Waals surface area contributed by atoms with E-state index in [1.165, 1.54) is 0 Å². The number of hydrogen-bond donors (Lipinski definition) is 2. The quantitative estimate of drug-likeness (QED) is 0.696. The molecule has 170 valence electrons. The molecule has 2 aliphatic heterocycles. The highest BCUT2D eigenvalue weighted by Crippen LogP contribution is 2.35. The number of likely N-dealkylation sites (N-methyl/N-ethyl adjacent to an activating group) is 1. The Kier molecular flexibility index (Phi) is 6.62. The van der Waals surface area contributed by atoms with Crippen LogP contribution in [0.3, 0.4) is 0 Å². The van der Waals surface area contributed by atoms with Gasteiger partial charge >= 0.3 is 11.8 Å². The van der Waals surface area contributed by atoms with E-state index in [4.69, 9.17) is 9.47 Å². The predicted molar refractivity (Wildman–Crippen MR) is 122 cm³/mol. The lowest BCUT2D eigenvalue weighted by Gasteiger charge is -2.38. The molecule has 0 spiro atoms. The fraction of sp³-hybridized carbons (Fsp3) is 0.417. The number of benzene rings is 2. The first-order chi connectivity index (χ1) is 15.4. The summed E-state index contributed by atoms with van der Waals surface area (Å²) in [7, 11) is 2.10. The average Bonchev–Trinajstić information content (AvgIpc) is 3.25. The van der Waals surface area contributed by atoms with Gasteiger partial charge in [0, 0.05) is 38.4 Å². The lowest BCUT2D eigenvalue weighted by Crippen LogP contribution is -2.49. The van der Waals surface area contributed by atoms with E-state index >= 15 is 0 Å². The Labute approximate surface area is 188 Å². The maximum Gasteiger partial charge on any atom is 0.313 e. The Morgan fingerprint density at radius 1 is 0.938 bits per heavy atom. The summed E-state index contributed by atoms with van der Waals surface area (Å²) in [6.07, 6.45) is 0. The van der Waals surface area contributed by atoms with E-state index in [-0.39, 0.29) is 12.8 Å². The number of carbonyl (C=O) groups excluding carboxylic acids is 2. The highest BCUT2D eigenvalue weighted by Gasteiger charge is 2.27. The molecule has 1 atom stereocenters. The number of anilines is 1. The Bertz CT molecular complexity index is 1000. The Morgan fingerprint density at radius 2 is 1.69 bits per heavy atom. The van der Waals surface area contributed by atoms with Gasteiger partial charge in [-0.25, -0.2) is 0 Å². The average molecular weight is 439 g/mol. The smallest absolute Gasteiger partial charge is 0.313 e. The molecule has 2 aromatic carbocycles. The van der Waals surface area contributed by atoms with Gasteiger partial charge in [-0.2, -0.15) is 0 Å². The summed E-state index contributed by atoms with van der Waals surface area (Å²) in [5, 5.41) is 5.51. The van der Waals surface area contributed by atoms with E-state index in [2.05, 4.69) is 27.5 Å². The van der Waals surface area contributed by atoms with Crippen LogP contribution in [0.4, 0.5) is 5.69 Å². The molecule has 0 bridgehead atoms. The largest absolute Gasteiger partial charge is 0.454 e. The first kappa shape index (κ1) is 22.1. The third-order valence-corrected chi connectivity index (χ3v) is 6.19. The predicted octanol–water partition coefficient (Wildman–Crippen LogP) is 2.08. The van der Waals surface area contributed by atoms with Crippen LogP contribution in [0.2, 0.25) is 0 Å². The second-order valence-electron chi connectivity index (χ2n) is 8.43. The molecule has 2 heterocycles. The van der Waals surface area contributed by atoms with Crippen molar-refractivity contribution in [3.8, 4) is 11.5 Å². The Morgan fingerprint density at radius 3 is 2.44 bits per heavy atom. The molecular formula is C24H30N4O4. The molecule has 32 heavy (non-hydrogen) atoms. The number of piperazine rings is 1. The monoisotopic (exact) mass is 438 g/mol. The molecule has 8 nitrogen and oxygen atoms in total. The van der Waals surface area contributed by atoms with Crippen molar-refractivity contribution in [1.82, 2.24) is 15.1 Å². The summed E-state index contributed by atoms with van der Waals surface area (Å²) < 4.78 is 11.0. The number of fused-ring (bicyclic) bond motifs is 1. The zero-order valence-corrected chi connectivity index (χ0v) is 18.8. The van der Waals surface area contributed by atoms with Crippen molar-refractivity contribution in [3.05, 3.63) is 53.1 Å². The van der Waals surface area contributed by atoms with Crippen molar-refractivity contribution in [2.75, 3.05) is 51.9 Å². The molecule has 2 amide bonds. The van der Waals surface area contributed by atoms with Gasteiger partial charge in [-0.05, 0) is 61.9 Å². The molecule has 1 saturated heterocycles. The molecule has 4 rings (SSSR count). The van der Waals surface area contributed by atoms with Crippen LogP contribution in [-0.4, -0.2) is 68.2 Å². The van der Waals surface area contributed by atoms with Gasteiger partial charge in [-0.3, -0.25) is 14.5 Å². The third-order valence-electron chi connectivity index (χ3n) is 6.19. The van der Waals surface area contributed by atoms with Crippen molar-refractivity contribution in [1.29, 1.82) is 0 Å². The van der Waals surface area contributed by atoms with Crippen LogP contribution in [0, 0.1) is 13.8 Å². The molecule has 0 radical (unpaired) electrons. The minimum Gasteiger partial charge on any atom is -0.454 e. The third kappa shape index (κ3) is 5.03. The highest BCUT2D eigenvalue weighted by molar-refractivity contribution is 6.39. The van der Waals surface area contributed by atoms with Gasteiger partial charge in [0.15, 0.2) is 11.5 Å². The van der Waals surface area contributed by atoms with Crippen LogP contribution in [-0.2, 0) is 9.59 Å². The first-order valence-corrected chi connectivity index (χ1v) is 10.9. The minimum atomic E-state index is -0.670. The standard InChI is InChI=1S/C24H30N4O4/c1-16-4-6-19(12-17(16)2)26-24(30)23(29)25-14-20(28-10-8-27(3)9-11-28)18-5-7-21-22(13-18)32-15-31-21/h4-7,12-13,20H,8-11,14-15H2,1-3H3,(H,25,29)(H,26,30)/t20-/m1/s1. The van der Waals surface area contributed by atoms with E-state index in [9.17, 15) is 9.59 Å². The van der Waals surface area contributed by atoms with Gasteiger partial charge in [-0.15, -0.1) is 0 Å². The van der Waals surface area contributed by atoms with E-state index < -0.39 is 11.8 Å². The summed E-state index contributed by atoms with van der Waals surface area (Å²) in [6.45, 7) is 8.15. The number of nitrogens with zero attached hydrogens (tertiary/aromatic N) is 2. The lowest BCUT2D eigenvalue weighted by atomic mass is 10.0. The van der Waals surface area contributed by atoms with Crippen LogP contribution in [0.15, 0.2) is 36.4 Å². The number of hydrogen-bond acceptors (Lipinski definition) is 6. The summed E-state index contributed by atoms with van der Waals surface area (Å²) >= 11 is 0. The summed E-state index contributed by atoms with van der Waals surface area (Å²) in [5.41, 5.74) is 3.82. The van der Waals surface area contributed by atoms with Gasteiger partial charge in [0.05, 0.1) is 6.04 Å². The molecule has 8 heteroatoms. The Balaban J connectivity index is 1.44. The van der Waals surface area contributed by atoms with Crippen molar-refractivity contribution in [2.24, 2.45) is 0 Å². The van der Waals surface area contributed by atoms with Gasteiger partial charge < -0.3 is 25.0 Å². The normalized spacial score (nSPS) is 17.1. The van der Waals surface area contributed by atoms with Crippen molar-refractivity contribution in [2.45, 2.75) is 19.9 Å². The number of ether oxygens (including phenoxy) is 2. The van der Waals surface area contributed by atoms with Crippen molar-refractivity contribution < 1.29 is 19.1 Å². The van der Waals surface area contributed by atoms with Gasteiger partial charge in [0.2, 0.25) is 6.79 Å². The Hall–Kier alpha value is -3.10. The van der Waals surface area contributed by atoms with Gasteiger partial charge in [0.25, 0.3) is 0 Å². The van der Waals surface area contributed by atoms with E-state index in [0.717, 1.165) is 48.6 Å². The molecule has 2 aliphatic rings. The fourth-order valence-corrected chi connectivity index (χ4v) is 3.99. The van der Waals surface area contributed by atoms with Gasteiger partial charge in [-0.1, -0.05) is 12.1 Å². The second-order valence-corrected chi connectivity index (χ2v) is 8.43. The number of aryl methyl sites for hydroxylation is 2. The van der Waals surface area contributed by atoms with Crippen LogP contribution < -0.4 is 20.1 Å². The molecule has 2 aromatic rings. The number of rotatable bonds is 5. The highest BCUT2D eigenvalue weighted by atomic mass is 16.7. The zero-order valence-electron chi connectivity index (χ0n) is 18.8. The maximum atomic E-state index is 12.6. The molecule has 0 aliphatic carbocycles. The summed E-state index contributed by atoms with van der Waals surface area (Å²) in [4.78, 5) is 29.6. The minimum absolute atomic E-state index is 0.0726. The van der Waals surface area contributed by atoms with Crippen LogP contribution in [0.25, 0.3) is 0 Å². The summed E-state index contributed by atoms with van der Waals surface area (Å²) in [6, 6.07) is 11.4. The fourth-order valence-electron chi connectivity index (χ4n) is 3.99. The maximum absolute atomic E-state index is 12.6.